The van der Waals surface area contributed by atoms with Gasteiger partial charge >= 0.3 is 6.18 Å². The van der Waals surface area contributed by atoms with Gasteiger partial charge in [0.25, 0.3) is 0 Å². The van der Waals surface area contributed by atoms with E-state index in [2.05, 4.69) is 20.2 Å². The molecule has 2 aromatic carbocycles. The molecular formula is C23H12F4N6. The van der Waals surface area contributed by atoms with Crippen molar-refractivity contribution in [3.8, 4) is 16.8 Å². The Morgan fingerprint density at radius 3 is 2.58 bits per heavy atom. The maximum absolute atomic E-state index is 14.0. The summed E-state index contributed by atoms with van der Waals surface area (Å²) in [6.07, 6.45) is 1.62. The fourth-order valence-electron chi connectivity index (χ4n) is 4.06. The molecule has 6 rings (SSSR count). The van der Waals surface area contributed by atoms with Crippen molar-refractivity contribution in [2.24, 2.45) is 0 Å². The molecule has 0 N–H and O–H groups in total. The molecule has 6 nitrogen and oxygen atoms in total. The minimum absolute atomic E-state index is 0.107. The van der Waals surface area contributed by atoms with Crippen LogP contribution in [0.5, 0.6) is 0 Å². The second kappa shape index (κ2) is 6.83. The molecule has 4 heterocycles. The zero-order valence-electron chi connectivity index (χ0n) is 16.6. The molecular weight excluding hydrogens is 436 g/mol. The molecule has 0 amide bonds. The Morgan fingerprint density at radius 1 is 0.909 bits per heavy atom. The van der Waals surface area contributed by atoms with Crippen LogP contribution in [-0.2, 0) is 6.18 Å². The summed E-state index contributed by atoms with van der Waals surface area (Å²) in [5, 5.41) is 8.68. The molecule has 0 unspecified atom stereocenters. The lowest BCUT2D eigenvalue weighted by Gasteiger charge is -2.12. The fourth-order valence-corrected chi connectivity index (χ4v) is 4.06. The van der Waals surface area contributed by atoms with E-state index < -0.39 is 17.6 Å². The van der Waals surface area contributed by atoms with Gasteiger partial charge in [0, 0.05) is 23.3 Å². The molecule has 0 atom stereocenters. The van der Waals surface area contributed by atoms with Gasteiger partial charge in [-0.3, -0.25) is 18.9 Å². The van der Waals surface area contributed by atoms with Gasteiger partial charge in [0.15, 0.2) is 0 Å². The first-order valence-electron chi connectivity index (χ1n) is 9.82. The summed E-state index contributed by atoms with van der Waals surface area (Å²) < 4.78 is 57.5. The summed E-state index contributed by atoms with van der Waals surface area (Å²) in [7, 11) is 0. The van der Waals surface area contributed by atoms with Crippen LogP contribution in [0.3, 0.4) is 0 Å². The molecule has 0 saturated carbocycles. The molecule has 33 heavy (non-hydrogen) atoms. The fraction of sp³-hybridized carbons (Fsp3) is 0.0435. The van der Waals surface area contributed by atoms with E-state index in [1.807, 2.05) is 30.3 Å². The van der Waals surface area contributed by atoms with Crippen LogP contribution >= 0.6 is 0 Å². The SMILES string of the molecule is Fc1ccc(-n2c3c4cc(-c5cccnc5)ccc4ncc3n3cnnc23)cc1C(F)(F)F. The number of pyridine rings is 2. The van der Waals surface area contributed by atoms with Gasteiger partial charge < -0.3 is 0 Å². The minimum atomic E-state index is -4.84. The van der Waals surface area contributed by atoms with Gasteiger partial charge in [0.2, 0.25) is 5.78 Å². The van der Waals surface area contributed by atoms with Gasteiger partial charge in [0.1, 0.15) is 12.1 Å². The van der Waals surface area contributed by atoms with Gasteiger partial charge in [-0.05, 0) is 42.0 Å². The molecule has 0 aliphatic carbocycles. The van der Waals surface area contributed by atoms with Crippen molar-refractivity contribution in [1.82, 2.24) is 29.1 Å². The summed E-state index contributed by atoms with van der Waals surface area (Å²) in [4.78, 5) is 8.66. The van der Waals surface area contributed by atoms with E-state index in [-0.39, 0.29) is 11.5 Å². The second-order valence-corrected chi connectivity index (χ2v) is 7.46. The van der Waals surface area contributed by atoms with Gasteiger partial charge in [-0.1, -0.05) is 12.1 Å². The predicted octanol–water partition coefficient (Wildman–Crippen LogP) is 5.44. The lowest BCUT2D eigenvalue weighted by molar-refractivity contribution is -0.140. The van der Waals surface area contributed by atoms with Crippen molar-refractivity contribution in [1.29, 1.82) is 0 Å². The summed E-state index contributed by atoms with van der Waals surface area (Å²) >= 11 is 0. The van der Waals surface area contributed by atoms with Crippen LogP contribution in [0.2, 0.25) is 0 Å². The number of imidazole rings is 1. The summed E-state index contributed by atoms with van der Waals surface area (Å²) in [6, 6.07) is 12.2. The lowest BCUT2D eigenvalue weighted by Crippen LogP contribution is -2.09. The van der Waals surface area contributed by atoms with E-state index in [1.54, 1.807) is 23.0 Å². The van der Waals surface area contributed by atoms with Crippen LogP contribution in [0.25, 0.3) is 44.5 Å². The molecule has 4 aromatic heterocycles. The van der Waals surface area contributed by atoms with E-state index in [0.717, 1.165) is 23.3 Å². The standard InChI is InChI=1S/C23H12F4N6/c24-18-5-4-15(9-17(18)23(25,26)27)33-21-16-8-13(14-2-1-7-28-10-14)3-6-19(16)29-11-20(21)32-12-30-31-22(32)33/h1-12H. The predicted molar refractivity (Wildman–Crippen MR) is 113 cm³/mol. The van der Waals surface area contributed by atoms with Crippen molar-refractivity contribution in [3.05, 3.63) is 84.8 Å². The Labute approximate surface area is 182 Å². The average molecular weight is 448 g/mol. The molecule has 0 bridgehead atoms. The Morgan fingerprint density at radius 2 is 1.79 bits per heavy atom. The third-order valence-corrected chi connectivity index (χ3v) is 5.54. The highest BCUT2D eigenvalue weighted by Gasteiger charge is 2.34. The first kappa shape index (κ1) is 19.4. The van der Waals surface area contributed by atoms with Crippen LogP contribution in [0.15, 0.2) is 73.4 Å². The molecule has 10 heteroatoms. The summed E-state index contributed by atoms with van der Waals surface area (Å²) in [6.45, 7) is 0. The summed E-state index contributed by atoms with van der Waals surface area (Å²) in [5.41, 5.74) is 2.32. The van der Waals surface area contributed by atoms with Crippen molar-refractivity contribution in [2.45, 2.75) is 6.18 Å². The van der Waals surface area contributed by atoms with Crippen LogP contribution in [0.4, 0.5) is 17.6 Å². The molecule has 0 fully saturated rings. The maximum atomic E-state index is 14.0. The van der Waals surface area contributed by atoms with E-state index in [1.165, 1.54) is 17.0 Å². The number of rotatable bonds is 2. The van der Waals surface area contributed by atoms with Crippen molar-refractivity contribution in [3.63, 3.8) is 0 Å². The molecule has 0 aliphatic rings. The van der Waals surface area contributed by atoms with Gasteiger partial charge in [-0.2, -0.15) is 13.2 Å². The molecule has 6 aromatic rings. The third-order valence-electron chi connectivity index (χ3n) is 5.54. The Kier molecular flexibility index (Phi) is 4.00. The van der Waals surface area contributed by atoms with Crippen molar-refractivity contribution in [2.75, 3.05) is 0 Å². The monoisotopic (exact) mass is 448 g/mol. The van der Waals surface area contributed by atoms with Gasteiger partial charge in [0.05, 0.1) is 34.0 Å². The highest BCUT2D eigenvalue weighted by molar-refractivity contribution is 6.06. The highest BCUT2D eigenvalue weighted by Crippen LogP contribution is 2.36. The number of fused-ring (bicyclic) bond motifs is 5. The second-order valence-electron chi connectivity index (χ2n) is 7.46. The van der Waals surface area contributed by atoms with Crippen LogP contribution in [0.1, 0.15) is 5.56 Å². The Bertz CT molecular complexity index is 1670. The largest absolute Gasteiger partial charge is 0.419 e. The number of hydrogen-bond donors (Lipinski definition) is 0. The quantitative estimate of drug-likeness (QED) is 0.331. The minimum Gasteiger partial charge on any atom is -0.276 e. The van der Waals surface area contributed by atoms with Crippen LogP contribution in [0, 0.1) is 5.82 Å². The first-order valence-corrected chi connectivity index (χ1v) is 9.82. The number of alkyl halides is 3. The maximum Gasteiger partial charge on any atom is 0.419 e. The zero-order chi connectivity index (χ0) is 22.7. The molecule has 0 radical (unpaired) electrons. The lowest BCUT2D eigenvalue weighted by atomic mass is 10.0. The number of hydrogen-bond acceptors (Lipinski definition) is 4. The van der Waals surface area contributed by atoms with E-state index >= 15 is 0 Å². The normalized spacial score (nSPS) is 12.2. The van der Waals surface area contributed by atoms with Crippen LogP contribution in [-0.4, -0.2) is 29.1 Å². The van der Waals surface area contributed by atoms with E-state index in [0.29, 0.717) is 21.9 Å². The number of halogens is 4. The number of benzene rings is 2. The smallest absolute Gasteiger partial charge is 0.276 e. The first-order chi connectivity index (χ1) is 15.9. The zero-order valence-corrected chi connectivity index (χ0v) is 16.6. The van der Waals surface area contributed by atoms with Crippen molar-refractivity contribution >= 4 is 27.7 Å². The number of nitrogens with zero attached hydrogens (tertiary/aromatic N) is 6. The Hall–Kier alpha value is -4.34. The average Bonchev–Trinajstić information content (AvgIpc) is 3.40. The third kappa shape index (κ3) is 2.94. The highest BCUT2D eigenvalue weighted by atomic mass is 19.4. The Balaban J connectivity index is 1.72. The number of aromatic nitrogens is 6. The molecule has 0 aliphatic heterocycles. The molecule has 0 saturated heterocycles. The van der Waals surface area contributed by atoms with Crippen LogP contribution < -0.4 is 0 Å². The van der Waals surface area contributed by atoms with Crippen molar-refractivity contribution < 1.29 is 17.6 Å². The summed E-state index contributed by atoms with van der Waals surface area (Å²) in [5.74, 6) is -1.06. The van der Waals surface area contributed by atoms with E-state index in [9.17, 15) is 17.6 Å². The van der Waals surface area contributed by atoms with E-state index in [4.69, 9.17) is 0 Å². The van der Waals surface area contributed by atoms with Gasteiger partial charge in [-0.25, -0.2) is 4.39 Å². The molecule has 0 spiro atoms. The topological polar surface area (TPSA) is 60.9 Å². The molecule has 162 valence electrons. The van der Waals surface area contributed by atoms with Gasteiger partial charge in [-0.15, -0.1) is 10.2 Å².